The number of nitrogens with one attached hydrogen (secondary N) is 1. The van der Waals surface area contributed by atoms with Gasteiger partial charge in [-0.3, -0.25) is 14.6 Å². The van der Waals surface area contributed by atoms with E-state index >= 15 is 0 Å². The van der Waals surface area contributed by atoms with Crippen LogP contribution in [-0.4, -0.2) is 66.2 Å². The third-order valence-electron chi connectivity index (χ3n) is 3.99. The fourth-order valence-corrected chi connectivity index (χ4v) is 2.85. The van der Waals surface area contributed by atoms with E-state index in [4.69, 9.17) is 0 Å². The van der Waals surface area contributed by atoms with Crippen LogP contribution < -0.4 is 5.32 Å². The van der Waals surface area contributed by atoms with Crippen molar-refractivity contribution in [2.24, 2.45) is 0 Å². The molecule has 1 amide bonds. The summed E-state index contributed by atoms with van der Waals surface area (Å²) in [5, 5.41) is 2.31. The zero-order valence-electron chi connectivity index (χ0n) is 11.2. The monoisotopic (exact) mass is 279 g/mol. The van der Waals surface area contributed by atoms with E-state index in [1.165, 1.54) is 4.90 Å². The largest absolute Gasteiger partial charge is 0.405 e. The number of alkyl halides is 3. The molecule has 2 heterocycles. The Labute approximate surface area is 110 Å². The highest BCUT2D eigenvalue weighted by Gasteiger charge is 2.49. The number of nitrogens with zero attached hydrogens (tertiary/aromatic N) is 2. The third kappa shape index (κ3) is 3.20. The second kappa shape index (κ2) is 5.28. The van der Waals surface area contributed by atoms with Crippen LogP contribution in [-0.2, 0) is 4.79 Å². The highest BCUT2D eigenvalue weighted by Crippen LogP contribution is 2.30. The molecule has 2 aliphatic rings. The molecule has 0 spiro atoms. The van der Waals surface area contributed by atoms with Crippen molar-refractivity contribution >= 4 is 5.91 Å². The molecule has 0 radical (unpaired) electrons. The predicted octanol–water partition coefficient (Wildman–Crippen LogP) is 0.832. The van der Waals surface area contributed by atoms with Gasteiger partial charge in [0.05, 0.1) is 6.54 Å². The first-order valence-electron chi connectivity index (χ1n) is 6.62. The molecule has 2 aliphatic heterocycles. The maximum absolute atomic E-state index is 13.0. The van der Waals surface area contributed by atoms with Gasteiger partial charge in [-0.15, -0.1) is 0 Å². The average molecular weight is 279 g/mol. The van der Waals surface area contributed by atoms with E-state index in [9.17, 15) is 18.0 Å². The van der Waals surface area contributed by atoms with Crippen molar-refractivity contribution in [1.29, 1.82) is 0 Å². The summed E-state index contributed by atoms with van der Waals surface area (Å²) in [7, 11) is 0. The first kappa shape index (κ1) is 14.6. The number of rotatable bonds is 2. The first-order chi connectivity index (χ1) is 8.79. The van der Waals surface area contributed by atoms with E-state index in [1.807, 2.05) is 13.8 Å². The Morgan fingerprint density at radius 2 is 2.05 bits per heavy atom. The Balaban J connectivity index is 2.08. The molecule has 2 rings (SSSR count). The van der Waals surface area contributed by atoms with Crippen LogP contribution in [0.4, 0.5) is 13.2 Å². The number of amides is 1. The number of halogens is 3. The number of piperazine rings is 1. The summed E-state index contributed by atoms with van der Waals surface area (Å²) in [6.07, 6.45) is -3.60. The molecule has 2 atom stereocenters. The number of likely N-dealkylation sites (tertiary alicyclic amines) is 1. The zero-order chi connectivity index (χ0) is 14.2. The summed E-state index contributed by atoms with van der Waals surface area (Å²) in [6, 6.07) is -1.41. The van der Waals surface area contributed by atoms with Gasteiger partial charge in [0.2, 0.25) is 5.91 Å². The number of hydrogen-bond acceptors (Lipinski definition) is 3. The molecule has 19 heavy (non-hydrogen) atoms. The van der Waals surface area contributed by atoms with Gasteiger partial charge in [-0.05, 0) is 20.3 Å². The van der Waals surface area contributed by atoms with E-state index < -0.39 is 12.2 Å². The van der Waals surface area contributed by atoms with Gasteiger partial charge in [0.15, 0.2) is 0 Å². The molecule has 110 valence electrons. The molecule has 4 nitrogen and oxygen atoms in total. The highest BCUT2D eigenvalue weighted by atomic mass is 19.4. The van der Waals surface area contributed by atoms with Crippen molar-refractivity contribution in [1.82, 2.24) is 15.1 Å². The number of carbonyl (C=O) groups is 1. The molecule has 2 saturated heterocycles. The van der Waals surface area contributed by atoms with Crippen LogP contribution in [0.3, 0.4) is 0 Å². The molecule has 0 bridgehead atoms. The van der Waals surface area contributed by atoms with Gasteiger partial charge in [0.1, 0.15) is 6.04 Å². The van der Waals surface area contributed by atoms with Crippen molar-refractivity contribution in [3.05, 3.63) is 0 Å². The summed E-state index contributed by atoms with van der Waals surface area (Å²) in [5.41, 5.74) is 0. The maximum atomic E-state index is 13.0. The molecule has 2 fully saturated rings. The van der Waals surface area contributed by atoms with Crippen LogP contribution in [0.1, 0.15) is 20.3 Å². The van der Waals surface area contributed by atoms with Crippen LogP contribution >= 0.6 is 0 Å². The molecule has 0 aromatic carbocycles. The van der Waals surface area contributed by atoms with Gasteiger partial charge in [0, 0.05) is 31.7 Å². The van der Waals surface area contributed by atoms with E-state index in [2.05, 4.69) is 10.2 Å². The molecule has 0 aliphatic carbocycles. The van der Waals surface area contributed by atoms with Crippen LogP contribution in [0.2, 0.25) is 0 Å². The van der Waals surface area contributed by atoms with Gasteiger partial charge in [-0.1, -0.05) is 0 Å². The summed E-state index contributed by atoms with van der Waals surface area (Å²) < 4.78 is 39.1. The van der Waals surface area contributed by atoms with Crippen LogP contribution in [0.5, 0.6) is 0 Å². The Morgan fingerprint density at radius 3 is 2.58 bits per heavy atom. The van der Waals surface area contributed by atoms with Crippen molar-refractivity contribution in [2.75, 3.05) is 26.2 Å². The number of hydrogen-bond donors (Lipinski definition) is 1. The van der Waals surface area contributed by atoms with Crippen molar-refractivity contribution in [2.45, 2.75) is 44.6 Å². The highest BCUT2D eigenvalue weighted by molar-refractivity contribution is 5.79. The van der Waals surface area contributed by atoms with E-state index in [-0.39, 0.29) is 25.0 Å². The quantitative estimate of drug-likeness (QED) is 0.813. The maximum Gasteiger partial charge on any atom is 0.405 e. The summed E-state index contributed by atoms with van der Waals surface area (Å²) in [4.78, 5) is 14.9. The average Bonchev–Trinajstić information content (AvgIpc) is 2.76. The minimum atomic E-state index is -4.29. The normalized spacial score (nSPS) is 30.9. The molecular weight excluding hydrogens is 259 g/mol. The second-order valence-electron chi connectivity index (χ2n) is 5.57. The van der Waals surface area contributed by atoms with Crippen molar-refractivity contribution < 1.29 is 18.0 Å². The van der Waals surface area contributed by atoms with E-state index in [0.717, 1.165) is 6.54 Å². The molecule has 7 heteroatoms. The molecule has 0 saturated carbocycles. The molecule has 0 aromatic heterocycles. The Morgan fingerprint density at radius 1 is 1.37 bits per heavy atom. The minimum absolute atomic E-state index is 0.152. The lowest BCUT2D eigenvalue weighted by Gasteiger charge is -2.40. The molecule has 0 aromatic rings. The predicted molar refractivity (Wildman–Crippen MR) is 64.7 cm³/mol. The smallest absolute Gasteiger partial charge is 0.353 e. The lowest BCUT2D eigenvalue weighted by molar-refractivity contribution is -0.194. The first-order valence-corrected chi connectivity index (χ1v) is 6.62. The van der Waals surface area contributed by atoms with E-state index in [1.54, 1.807) is 0 Å². The van der Waals surface area contributed by atoms with Gasteiger partial charge in [0.25, 0.3) is 0 Å². The Kier molecular flexibility index (Phi) is 4.06. The van der Waals surface area contributed by atoms with E-state index in [0.29, 0.717) is 19.0 Å². The summed E-state index contributed by atoms with van der Waals surface area (Å²) >= 11 is 0. The van der Waals surface area contributed by atoms with Crippen LogP contribution in [0, 0.1) is 0 Å². The summed E-state index contributed by atoms with van der Waals surface area (Å²) in [5.74, 6) is -0.316. The Bertz CT molecular complexity index is 346. The lowest BCUT2D eigenvalue weighted by Crippen LogP contribution is -2.63. The fourth-order valence-electron chi connectivity index (χ4n) is 2.85. The minimum Gasteiger partial charge on any atom is -0.353 e. The van der Waals surface area contributed by atoms with Crippen molar-refractivity contribution in [3.8, 4) is 0 Å². The van der Waals surface area contributed by atoms with Crippen molar-refractivity contribution in [3.63, 3.8) is 0 Å². The fraction of sp³-hybridized carbons (Fsp3) is 0.917. The SMILES string of the molecule is CC(C)N1CCC(N2CC(=O)NCC2C(F)(F)F)C1. The van der Waals surface area contributed by atoms with Crippen LogP contribution in [0.15, 0.2) is 0 Å². The molecular formula is C12H20F3N3O. The standard InChI is InChI=1S/C12H20F3N3O/c1-8(2)17-4-3-9(6-17)18-7-11(19)16-5-10(18)12(13,14)15/h8-10H,3-7H2,1-2H3,(H,16,19). The zero-order valence-corrected chi connectivity index (χ0v) is 11.2. The van der Waals surface area contributed by atoms with Gasteiger partial charge in [-0.25, -0.2) is 0 Å². The molecule has 2 unspecified atom stereocenters. The third-order valence-corrected chi connectivity index (χ3v) is 3.99. The topological polar surface area (TPSA) is 35.6 Å². The van der Waals surface area contributed by atoms with Gasteiger partial charge < -0.3 is 5.32 Å². The Hall–Kier alpha value is -0.820. The van der Waals surface area contributed by atoms with Gasteiger partial charge >= 0.3 is 6.18 Å². The molecule has 1 N–H and O–H groups in total. The second-order valence-corrected chi connectivity index (χ2v) is 5.57. The lowest BCUT2D eigenvalue weighted by atomic mass is 10.1. The summed E-state index contributed by atoms with van der Waals surface area (Å²) in [6.45, 7) is 4.99. The van der Waals surface area contributed by atoms with Crippen LogP contribution in [0.25, 0.3) is 0 Å². The van der Waals surface area contributed by atoms with Gasteiger partial charge in [-0.2, -0.15) is 13.2 Å². The number of carbonyl (C=O) groups excluding carboxylic acids is 1.